The Balaban J connectivity index is 2.05. The van der Waals surface area contributed by atoms with E-state index in [0.29, 0.717) is 5.92 Å². The second-order valence-electron chi connectivity index (χ2n) is 5.64. The van der Waals surface area contributed by atoms with Crippen LogP contribution in [-0.2, 0) is 0 Å². The van der Waals surface area contributed by atoms with Gasteiger partial charge in [0.2, 0.25) is 0 Å². The highest BCUT2D eigenvalue weighted by Gasteiger charge is 2.09. The van der Waals surface area contributed by atoms with Crippen LogP contribution in [0.1, 0.15) is 19.5 Å². The van der Waals surface area contributed by atoms with Crippen molar-refractivity contribution in [2.45, 2.75) is 20.8 Å². The SMILES string of the molecule is Cc1nc2ccccc2nc1N(C)CCNCC(C)C. The number of anilines is 1. The molecular weight excluding hydrogens is 248 g/mol. The van der Waals surface area contributed by atoms with Crippen molar-refractivity contribution in [2.24, 2.45) is 5.92 Å². The molecule has 0 radical (unpaired) electrons. The molecule has 0 saturated carbocycles. The number of rotatable bonds is 6. The number of para-hydroxylation sites is 2. The summed E-state index contributed by atoms with van der Waals surface area (Å²) in [4.78, 5) is 11.5. The Morgan fingerprint density at radius 1 is 1.15 bits per heavy atom. The molecule has 0 spiro atoms. The fraction of sp³-hybridized carbons (Fsp3) is 0.500. The van der Waals surface area contributed by atoms with Crippen molar-refractivity contribution in [1.29, 1.82) is 0 Å². The summed E-state index contributed by atoms with van der Waals surface area (Å²) in [6.45, 7) is 9.40. The summed E-state index contributed by atoms with van der Waals surface area (Å²) >= 11 is 0. The van der Waals surface area contributed by atoms with Gasteiger partial charge in [0.05, 0.1) is 16.7 Å². The van der Waals surface area contributed by atoms with Crippen molar-refractivity contribution in [1.82, 2.24) is 15.3 Å². The van der Waals surface area contributed by atoms with Gasteiger partial charge in [-0.2, -0.15) is 0 Å². The Bertz CT molecular complexity index is 565. The normalized spacial score (nSPS) is 11.2. The molecule has 20 heavy (non-hydrogen) atoms. The van der Waals surface area contributed by atoms with Gasteiger partial charge in [-0.3, -0.25) is 0 Å². The van der Waals surface area contributed by atoms with Crippen LogP contribution >= 0.6 is 0 Å². The Morgan fingerprint density at radius 3 is 2.45 bits per heavy atom. The summed E-state index contributed by atoms with van der Waals surface area (Å²) in [7, 11) is 2.07. The minimum Gasteiger partial charge on any atom is -0.357 e. The van der Waals surface area contributed by atoms with Crippen LogP contribution in [0.15, 0.2) is 24.3 Å². The van der Waals surface area contributed by atoms with Crippen molar-refractivity contribution in [3.05, 3.63) is 30.0 Å². The molecule has 0 atom stereocenters. The quantitative estimate of drug-likeness (QED) is 0.821. The van der Waals surface area contributed by atoms with Gasteiger partial charge in [-0.05, 0) is 31.5 Å². The van der Waals surface area contributed by atoms with Gasteiger partial charge in [0.25, 0.3) is 0 Å². The van der Waals surface area contributed by atoms with Gasteiger partial charge < -0.3 is 10.2 Å². The van der Waals surface area contributed by atoms with Crippen LogP contribution in [0, 0.1) is 12.8 Å². The topological polar surface area (TPSA) is 41.1 Å². The first-order chi connectivity index (χ1) is 9.58. The minimum absolute atomic E-state index is 0.683. The number of hydrogen-bond acceptors (Lipinski definition) is 4. The highest BCUT2D eigenvalue weighted by atomic mass is 15.2. The van der Waals surface area contributed by atoms with E-state index in [0.717, 1.165) is 42.2 Å². The summed E-state index contributed by atoms with van der Waals surface area (Å²) in [5, 5.41) is 3.45. The molecule has 0 aliphatic rings. The van der Waals surface area contributed by atoms with Crippen LogP contribution in [0.2, 0.25) is 0 Å². The number of benzene rings is 1. The van der Waals surface area contributed by atoms with Crippen molar-refractivity contribution in [2.75, 3.05) is 31.6 Å². The highest BCUT2D eigenvalue weighted by molar-refractivity contribution is 5.76. The van der Waals surface area contributed by atoms with Crippen molar-refractivity contribution < 1.29 is 0 Å². The molecule has 0 aliphatic carbocycles. The molecule has 0 amide bonds. The summed E-state index contributed by atoms with van der Waals surface area (Å²) in [5.74, 6) is 1.65. The maximum Gasteiger partial charge on any atom is 0.150 e. The number of aromatic nitrogens is 2. The number of likely N-dealkylation sites (N-methyl/N-ethyl adjacent to an activating group) is 1. The predicted molar refractivity (Wildman–Crippen MR) is 85.3 cm³/mol. The van der Waals surface area contributed by atoms with Crippen LogP contribution < -0.4 is 10.2 Å². The van der Waals surface area contributed by atoms with E-state index in [-0.39, 0.29) is 0 Å². The lowest BCUT2D eigenvalue weighted by molar-refractivity contribution is 0.553. The maximum atomic E-state index is 4.72. The predicted octanol–water partition coefficient (Wildman–Crippen LogP) is 2.62. The third-order valence-electron chi connectivity index (χ3n) is 3.26. The van der Waals surface area contributed by atoms with E-state index < -0.39 is 0 Å². The zero-order valence-electron chi connectivity index (χ0n) is 12.8. The lowest BCUT2D eigenvalue weighted by Gasteiger charge is -2.20. The van der Waals surface area contributed by atoms with Crippen LogP contribution in [0.3, 0.4) is 0 Å². The average molecular weight is 272 g/mol. The van der Waals surface area contributed by atoms with Gasteiger partial charge in [0.1, 0.15) is 0 Å². The molecule has 1 N–H and O–H groups in total. The van der Waals surface area contributed by atoms with E-state index in [2.05, 4.69) is 36.1 Å². The maximum absolute atomic E-state index is 4.72. The van der Waals surface area contributed by atoms with E-state index >= 15 is 0 Å². The third kappa shape index (κ3) is 3.67. The molecule has 4 nitrogen and oxygen atoms in total. The Morgan fingerprint density at radius 2 is 1.80 bits per heavy atom. The van der Waals surface area contributed by atoms with Gasteiger partial charge in [-0.25, -0.2) is 9.97 Å². The summed E-state index contributed by atoms with van der Waals surface area (Å²) < 4.78 is 0. The van der Waals surface area contributed by atoms with E-state index in [4.69, 9.17) is 4.98 Å². The van der Waals surface area contributed by atoms with E-state index in [9.17, 15) is 0 Å². The summed E-state index contributed by atoms with van der Waals surface area (Å²) in [6.07, 6.45) is 0. The molecule has 0 unspecified atom stereocenters. The second kappa shape index (κ2) is 6.66. The molecule has 2 rings (SSSR count). The number of hydrogen-bond donors (Lipinski definition) is 1. The lowest BCUT2D eigenvalue weighted by Crippen LogP contribution is -2.32. The standard InChI is InChI=1S/C16H24N4/c1-12(2)11-17-9-10-20(4)16-13(3)18-14-7-5-6-8-15(14)19-16/h5-8,12,17H,9-11H2,1-4H3. The molecule has 1 aromatic heterocycles. The Hall–Kier alpha value is -1.68. The molecule has 0 bridgehead atoms. The van der Waals surface area contributed by atoms with E-state index in [1.807, 2.05) is 31.2 Å². The van der Waals surface area contributed by atoms with Gasteiger partial charge in [0.15, 0.2) is 5.82 Å². The number of fused-ring (bicyclic) bond motifs is 1. The molecule has 0 saturated heterocycles. The smallest absolute Gasteiger partial charge is 0.150 e. The van der Waals surface area contributed by atoms with Gasteiger partial charge in [-0.1, -0.05) is 26.0 Å². The van der Waals surface area contributed by atoms with Gasteiger partial charge in [-0.15, -0.1) is 0 Å². The molecule has 1 aromatic carbocycles. The molecule has 0 aliphatic heterocycles. The minimum atomic E-state index is 0.683. The first-order valence-electron chi connectivity index (χ1n) is 7.23. The van der Waals surface area contributed by atoms with Crippen molar-refractivity contribution >= 4 is 16.9 Å². The summed E-state index contributed by atoms with van der Waals surface area (Å²) in [5.41, 5.74) is 2.89. The lowest BCUT2D eigenvalue weighted by atomic mass is 10.2. The largest absolute Gasteiger partial charge is 0.357 e. The summed E-state index contributed by atoms with van der Waals surface area (Å²) in [6, 6.07) is 8.01. The molecule has 1 heterocycles. The molecule has 2 aromatic rings. The zero-order chi connectivity index (χ0) is 14.5. The Kier molecular flexibility index (Phi) is 4.90. The first-order valence-corrected chi connectivity index (χ1v) is 7.23. The molecule has 4 heteroatoms. The molecule has 0 fully saturated rings. The third-order valence-corrected chi connectivity index (χ3v) is 3.26. The molecular formula is C16H24N4. The van der Waals surface area contributed by atoms with Gasteiger partial charge >= 0.3 is 0 Å². The molecule has 108 valence electrons. The average Bonchev–Trinajstić information content (AvgIpc) is 2.42. The first kappa shape index (κ1) is 14.7. The van der Waals surface area contributed by atoms with E-state index in [1.54, 1.807) is 0 Å². The zero-order valence-corrected chi connectivity index (χ0v) is 12.8. The van der Waals surface area contributed by atoms with E-state index in [1.165, 1.54) is 0 Å². The monoisotopic (exact) mass is 272 g/mol. The van der Waals surface area contributed by atoms with Crippen LogP contribution in [0.5, 0.6) is 0 Å². The highest BCUT2D eigenvalue weighted by Crippen LogP contribution is 2.18. The second-order valence-corrected chi connectivity index (χ2v) is 5.64. The van der Waals surface area contributed by atoms with Crippen LogP contribution in [0.4, 0.5) is 5.82 Å². The van der Waals surface area contributed by atoms with Crippen molar-refractivity contribution in [3.8, 4) is 0 Å². The number of nitrogens with one attached hydrogen (secondary N) is 1. The number of nitrogens with zero attached hydrogens (tertiary/aromatic N) is 3. The van der Waals surface area contributed by atoms with Crippen molar-refractivity contribution in [3.63, 3.8) is 0 Å². The Labute approximate surface area is 121 Å². The van der Waals surface area contributed by atoms with Gasteiger partial charge in [0, 0.05) is 20.1 Å². The van der Waals surface area contributed by atoms with Crippen LogP contribution in [0.25, 0.3) is 11.0 Å². The fourth-order valence-corrected chi connectivity index (χ4v) is 2.18. The van der Waals surface area contributed by atoms with Crippen LogP contribution in [-0.4, -0.2) is 36.6 Å². The fourth-order valence-electron chi connectivity index (χ4n) is 2.18. The number of aryl methyl sites for hydroxylation is 1.